The number of hydrogen-bond acceptors (Lipinski definition) is 2. The van der Waals surface area contributed by atoms with Crippen LogP contribution in [0.15, 0.2) is 48.5 Å². The number of phenols is 1. The third kappa shape index (κ3) is 3.72. The summed E-state index contributed by atoms with van der Waals surface area (Å²) >= 11 is 5.97. The van der Waals surface area contributed by atoms with Gasteiger partial charge in [-0.15, -0.1) is 0 Å². The molecule has 3 heteroatoms. The first-order valence-electron chi connectivity index (χ1n) is 6.46. The lowest BCUT2D eigenvalue weighted by molar-refractivity contribution is 0.441. The number of rotatable bonds is 5. The van der Waals surface area contributed by atoms with Crippen LogP contribution in [0, 0.1) is 0 Å². The minimum Gasteiger partial charge on any atom is -0.508 e. The molecule has 2 rings (SSSR count). The van der Waals surface area contributed by atoms with Gasteiger partial charge in [-0.2, -0.15) is 0 Å². The molecule has 0 spiro atoms. The molecule has 19 heavy (non-hydrogen) atoms. The molecule has 0 saturated heterocycles. The van der Waals surface area contributed by atoms with Gasteiger partial charge in [0.1, 0.15) is 5.75 Å². The summed E-state index contributed by atoms with van der Waals surface area (Å²) in [4.78, 5) is 0. The number of hydrogen-bond donors (Lipinski definition) is 2. The lowest BCUT2D eigenvalue weighted by atomic mass is 10.0. The van der Waals surface area contributed by atoms with Crippen molar-refractivity contribution in [2.24, 2.45) is 0 Å². The molecule has 0 aliphatic carbocycles. The molecule has 2 aromatic rings. The van der Waals surface area contributed by atoms with Crippen LogP contribution >= 0.6 is 11.6 Å². The van der Waals surface area contributed by atoms with Gasteiger partial charge in [0.15, 0.2) is 0 Å². The second-order valence-corrected chi connectivity index (χ2v) is 4.97. The Morgan fingerprint density at radius 2 is 1.95 bits per heavy atom. The molecule has 0 fully saturated rings. The Morgan fingerprint density at radius 3 is 2.63 bits per heavy atom. The van der Waals surface area contributed by atoms with E-state index in [1.54, 1.807) is 6.07 Å². The molecule has 0 amide bonds. The molecule has 2 nitrogen and oxygen atoms in total. The maximum Gasteiger partial charge on any atom is 0.120 e. The van der Waals surface area contributed by atoms with E-state index in [9.17, 15) is 5.11 Å². The van der Waals surface area contributed by atoms with Gasteiger partial charge in [0.05, 0.1) is 0 Å². The van der Waals surface area contributed by atoms with Crippen molar-refractivity contribution >= 4 is 11.6 Å². The Balaban J connectivity index is 2.06. The summed E-state index contributed by atoms with van der Waals surface area (Å²) in [6.07, 6.45) is 0.915. The molecule has 2 aromatic carbocycles. The number of halogens is 1. The van der Waals surface area contributed by atoms with Crippen LogP contribution in [0.25, 0.3) is 0 Å². The molecular formula is C16H18ClNO. The first kappa shape index (κ1) is 13.9. The lowest BCUT2D eigenvalue weighted by Crippen LogP contribution is -2.20. The third-order valence-electron chi connectivity index (χ3n) is 3.16. The fraction of sp³-hybridized carbons (Fsp3) is 0.250. The number of benzene rings is 2. The standard InChI is InChI=1S/C16H18ClNO/c1-2-15(14-8-3-4-9-16(14)19)18-11-12-6-5-7-13(17)10-12/h3-10,15,18-19H,2,11H2,1H3. The highest BCUT2D eigenvalue weighted by atomic mass is 35.5. The zero-order chi connectivity index (χ0) is 13.7. The monoisotopic (exact) mass is 275 g/mol. The summed E-state index contributed by atoms with van der Waals surface area (Å²) in [6, 6.07) is 15.4. The first-order valence-corrected chi connectivity index (χ1v) is 6.84. The molecular weight excluding hydrogens is 258 g/mol. The highest BCUT2D eigenvalue weighted by molar-refractivity contribution is 6.30. The Labute approximate surface area is 119 Å². The summed E-state index contributed by atoms with van der Waals surface area (Å²) < 4.78 is 0. The average Bonchev–Trinajstić information content (AvgIpc) is 2.41. The van der Waals surface area contributed by atoms with E-state index in [0.717, 1.165) is 29.1 Å². The summed E-state index contributed by atoms with van der Waals surface area (Å²) in [5, 5.41) is 14.1. The summed E-state index contributed by atoms with van der Waals surface area (Å²) in [5.74, 6) is 0.341. The van der Waals surface area contributed by atoms with E-state index in [0.29, 0.717) is 5.75 Å². The van der Waals surface area contributed by atoms with E-state index in [2.05, 4.69) is 12.2 Å². The average molecular weight is 276 g/mol. The van der Waals surface area contributed by atoms with E-state index < -0.39 is 0 Å². The SMILES string of the molecule is CCC(NCc1cccc(Cl)c1)c1ccccc1O. The van der Waals surface area contributed by atoms with Crippen LogP contribution in [0.2, 0.25) is 5.02 Å². The second kappa shape index (κ2) is 6.60. The number of nitrogens with one attached hydrogen (secondary N) is 1. The molecule has 1 atom stereocenters. The van der Waals surface area contributed by atoms with Crippen LogP contribution < -0.4 is 5.32 Å². The predicted molar refractivity (Wildman–Crippen MR) is 79.4 cm³/mol. The van der Waals surface area contributed by atoms with Crippen LogP contribution in [0.1, 0.15) is 30.5 Å². The molecule has 2 N–H and O–H groups in total. The molecule has 100 valence electrons. The van der Waals surface area contributed by atoms with E-state index >= 15 is 0 Å². The summed E-state index contributed by atoms with van der Waals surface area (Å²) in [5.41, 5.74) is 2.08. The Kier molecular flexibility index (Phi) is 4.83. The van der Waals surface area contributed by atoms with Gasteiger partial charge in [0, 0.05) is 23.2 Å². The highest BCUT2D eigenvalue weighted by Gasteiger charge is 2.12. The van der Waals surface area contributed by atoms with Gasteiger partial charge in [-0.25, -0.2) is 0 Å². The minimum atomic E-state index is 0.139. The molecule has 0 radical (unpaired) electrons. The summed E-state index contributed by atoms with van der Waals surface area (Å²) in [7, 11) is 0. The van der Waals surface area contributed by atoms with Gasteiger partial charge in [0.25, 0.3) is 0 Å². The molecule has 1 unspecified atom stereocenters. The van der Waals surface area contributed by atoms with Crippen molar-refractivity contribution in [2.45, 2.75) is 25.9 Å². The Morgan fingerprint density at radius 1 is 1.16 bits per heavy atom. The fourth-order valence-corrected chi connectivity index (χ4v) is 2.36. The van der Waals surface area contributed by atoms with Crippen LogP contribution in [-0.2, 0) is 6.54 Å². The largest absolute Gasteiger partial charge is 0.508 e. The zero-order valence-corrected chi connectivity index (χ0v) is 11.7. The molecule has 0 bridgehead atoms. The van der Waals surface area contributed by atoms with Crippen LogP contribution in [-0.4, -0.2) is 5.11 Å². The number of para-hydroxylation sites is 1. The number of aromatic hydroxyl groups is 1. The fourth-order valence-electron chi connectivity index (χ4n) is 2.14. The van der Waals surface area contributed by atoms with Gasteiger partial charge >= 0.3 is 0 Å². The summed E-state index contributed by atoms with van der Waals surface area (Å²) in [6.45, 7) is 2.83. The second-order valence-electron chi connectivity index (χ2n) is 4.53. The topological polar surface area (TPSA) is 32.3 Å². The van der Waals surface area contributed by atoms with Crippen LogP contribution in [0.5, 0.6) is 5.75 Å². The van der Waals surface area contributed by atoms with Crippen molar-refractivity contribution in [3.63, 3.8) is 0 Å². The van der Waals surface area contributed by atoms with Crippen molar-refractivity contribution < 1.29 is 5.11 Å². The van der Waals surface area contributed by atoms with Crippen LogP contribution in [0.4, 0.5) is 0 Å². The molecule has 0 aliphatic rings. The number of phenolic OH excluding ortho intramolecular Hbond substituents is 1. The van der Waals surface area contributed by atoms with Crippen LogP contribution in [0.3, 0.4) is 0 Å². The van der Waals surface area contributed by atoms with Crippen molar-refractivity contribution in [3.05, 3.63) is 64.7 Å². The molecule has 0 heterocycles. The van der Waals surface area contributed by atoms with Crippen molar-refractivity contribution in [1.82, 2.24) is 5.32 Å². The normalized spacial score (nSPS) is 12.3. The van der Waals surface area contributed by atoms with Crippen molar-refractivity contribution in [3.8, 4) is 5.75 Å². The van der Waals surface area contributed by atoms with Gasteiger partial charge in [-0.1, -0.05) is 48.9 Å². The smallest absolute Gasteiger partial charge is 0.120 e. The zero-order valence-electron chi connectivity index (χ0n) is 10.9. The van der Waals surface area contributed by atoms with Gasteiger partial charge in [-0.3, -0.25) is 0 Å². The van der Waals surface area contributed by atoms with E-state index in [1.165, 1.54) is 0 Å². The molecule has 0 aliphatic heterocycles. The minimum absolute atomic E-state index is 0.139. The van der Waals surface area contributed by atoms with Gasteiger partial charge in [0.2, 0.25) is 0 Å². The van der Waals surface area contributed by atoms with E-state index in [4.69, 9.17) is 11.6 Å². The molecule has 0 aromatic heterocycles. The quantitative estimate of drug-likeness (QED) is 0.853. The first-order chi connectivity index (χ1) is 9.20. The highest BCUT2D eigenvalue weighted by Crippen LogP contribution is 2.26. The van der Waals surface area contributed by atoms with E-state index in [-0.39, 0.29) is 6.04 Å². The van der Waals surface area contributed by atoms with Gasteiger partial charge in [-0.05, 0) is 30.2 Å². The predicted octanol–water partition coefficient (Wildman–Crippen LogP) is 4.29. The maximum atomic E-state index is 9.89. The Hall–Kier alpha value is -1.51. The van der Waals surface area contributed by atoms with Crippen molar-refractivity contribution in [1.29, 1.82) is 0 Å². The van der Waals surface area contributed by atoms with E-state index in [1.807, 2.05) is 42.5 Å². The lowest BCUT2D eigenvalue weighted by Gasteiger charge is -2.18. The molecule has 0 saturated carbocycles. The van der Waals surface area contributed by atoms with Crippen molar-refractivity contribution in [2.75, 3.05) is 0 Å². The third-order valence-corrected chi connectivity index (χ3v) is 3.40. The maximum absolute atomic E-state index is 9.89. The Bertz CT molecular complexity index is 542. The van der Waals surface area contributed by atoms with Gasteiger partial charge < -0.3 is 10.4 Å².